The molecule has 0 saturated heterocycles. The van der Waals surface area contributed by atoms with E-state index in [9.17, 15) is 9.59 Å². The number of aldehydes is 1. The third-order valence-corrected chi connectivity index (χ3v) is 3.84. The van der Waals surface area contributed by atoms with Gasteiger partial charge in [-0.25, -0.2) is 0 Å². The third kappa shape index (κ3) is 3.25. The number of carbonyl (C=O) groups excluding carboxylic acids is 2. The van der Waals surface area contributed by atoms with Gasteiger partial charge in [0.1, 0.15) is 12.0 Å². The van der Waals surface area contributed by atoms with E-state index >= 15 is 0 Å². The molecule has 0 spiro atoms. The Hall–Kier alpha value is -3.21. The van der Waals surface area contributed by atoms with E-state index in [1.54, 1.807) is 24.4 Å². The summed E-state index contributed by atoms with van der Waals surface area (Å²) >= 11 is 0. The zero-order valence-electron chi connectivity index (χ0n) is 13.2. The topological polar surface area (TPSA) is 71.1 Å². The number of anilines is 1. The van der Waals surface area contributed by atoms with Gasteiger partial charge in [0.25, 0.3) is 5.91 Å². The van der Waals surface area contributed by atoms with Crippen molar-refractivity contribution in [1.82, 2.24) is 10.3 Å². The number of amides is 1. The van der Waals surface area contributed by atoms with Gasteiger partial charge >= 0.3 is 0 Å². The Kier molecular flexibility index (Phi) is 4.52. The summed E-state index contributed by atoms with van der Waals surface area (Å²) in [4.78, 5) is 27.5. The SMILES string of the molecule is Cc1c(NC(=O)C2=CC=C(C=O)CN2)ccnc1-c1ccccc1. The van der Waals surface area contributed by atoms with E-state index in [1.165, 1.54) is 0 Å². The number of allylic oxidation sites excluding steroid dienone is 2. The molecule has 0 aliphatic carbocycles. The van der Waals surface area contributed by atoms with Crippen molar-refractivity contribution in [3.63, 3.8) is 0 Å². The second kappa shape index (κ2) is 6.91. The van der Waals surface area contributed by atoms with E-state index in [2.05, 4.69) is 15.6 Å². The van der Waals surface area contributed by atoms with E-state index in [-0.39, 0.29) is 5.91 Å². The fourth-order valence-electron chi connectivity index (χ4n) is 2.49. The number of dihydropyridines is 1. The van der Waals surface area contributed by atoms with Gasteiger partial charge in [-0.3, -0.25) is 14.6 Å². The minimum absolute atomic E-state index is 0.246. The number of rotatable bonds is 4. The standard InChI is InChI=1S/C19H17N3O2/c1-13-16(9-10-20-18(13)15-5-3-2-4-6-15)22-19(24)17-8-7-14(12-23)11-21-17/h2-10,12,21H,11H2,1H3,(H,20,22,24). The number of pyridine rings is 1. The molecule has 0 radical (unpaired) electrons. The largest absolute Gasteiger partial charge is 0.376 e. The van der Waals surface area contributed by atoms with Gasteiger partial charge in [-0.1, -0.05) is 36.4 Å². The van der Waals surface area contributed by atoms with Crippen LogP contribution in [0, 0.1) is 6.92 Å². The first kappa shape index (κ1) is 15.7. The maximum Gasteiger partial charge on any atom is 0.271 e. The fourth-order valence-corrected chi connectivity index (χ4v) is 2.49. The lowest BCUT2D eigenvalue weighted by Crippen LogP contribution is -2.29. The summed E-state index contributed by atoms with van der Waals surface area (Å²) in [6.07, 6.45) is 5.71. The van der Waals surface area contributed by atoms with Crippen molar-refractivity contribution in [3.05, 3.63) is 71.6 Å². The highest BCUT2D eigenvalue weighted by atomic mass is 16.2. The van der Waals surface area contributed by atoms with Crippen LogP contribution in [0.3, 0.4) is 0 Å². The third-order valence-electron chi connectivity index (χ3n) is 3.84. The van der Waals surface area contributed by atoms with E-state index in [1.807, 2.05) is 37.3 Å². The number of nitrogens with one attached hydrogen (secondary N) is 2. The fraction of sp³-hybridized carbons (Fsp3) is 0.105. The average molecular weight is 319 g/mol. The van der Waals surface area contributed by atoms with Crippen LogP contribution >= 0.6 is 0 Å². The minimum atomic E-state index is -0.246. The highest BCUT2D eigenvalue weighted by molar-refractivity contribution is 6.04. The molecule has 3 rings (SSSR count). The lowest BCUT2D eigenvalue weighted by molar-refractivity contribution is -0.113. The Balaban J connectivity index is 1.84. The predicted octanol–water partition coefficient (Wildman–Crippen LogP) is 2.61. The van der Waals surface area contributed by atoms with Gasteiger partial charge in [0, 0.05) is 29.6 Å². The van der Waals surface area contributed by atoms with Crippen molar-refractivity contribution in [2.45, 2.75) is 6.92 Å². The molecule has 0 fully saturated rings. The van der Waals surface area contributed by atoms with Crippen LogP contribution < -0.4 is 10.6 Å². The van der Waals surface area contributed by atoms with Crippen molar-refractivity contribution in [2.75, 3.05) is 11.9 Å². The molecule has 2 heterocycles. The Labute approximate surface area is 140 Å². The number of benzene rings is 1. The summed E-state index contributed by atoms with van der Waals surface area (Å²) in [5.41, 5.74) is 4.48. The average Bonchev–Trinajstić information content (AvgIpc) is 2.64. The smallest absolute Gasteiger partial charge is 0.271 e. The zero-order chi connectivity index (χ0) is 16.9. The van der Waals surface area contributed by atoms with Gasteiger partial charge in [-0.05, 0) is 24.6 Å². The molecular weight excluding hydrogens is 302 g/mol. The monoisotopic (exact) mass is 319 g/mol. The first-order chi connectivity index (χ1) is 11.7. The molecule has 2 N–H and O–H groups in total. The Bertz CT molecular complexity index is 839. The molecule has 0 atom stereocenters. The molecule has 0 unspecified atom stereocenters. The number of aromatic nitrogens is 1. The molecule has 5 heteroatoms. The summed E-state index contributed by atoms with van der Waals surface area (Å²) in [5, 5.41) is 5.84. The van der Waals surface area contributed by atoms with Gasteiger partial charge in [0.2, 0.25) is 0 Å². The summed E-state index contributed by atoms with van der Waals surface area (Å²) in [5.74, 6) is -0.246. The van der Waals surface area contributed by atoms with Crippen LogP contribution in [0.5, 0.6) is 0 Å². The van der Waals surface area contributed by atoms with Gasteiger partial charge in [0.15, 0.2) is 0 Å². The van der Waals surface area contributed by atoms with E-state index in [0.717, 1.165) is 23.1 Å². The number of hydrogen-bond donors (Lipinski definition) is 2. The summed E-state index contributed by atoms with van der Waals surface area (Å²) in [7, 11) is 0. The van der Waals surface area contributed by atoms with Crippen LogP contribution in [-0.2, 0) is 9.59 Å². The molecule has 1 aliphatic rings. The maximum absolute atomic E-state index is 12.4. The second-order valence-electron chi connectivity index (χ2n) is 5.45. The predicted molar refractivity (Wildman–Crippen MR) is 93.3 cm³/mol. The van der Waals surface area contributed by atoms with E-state index < -0.39 is 0 Å². The number of carbonyl (C=O) groups is 2. The van der Waals surface area contributed by atoms with Gasteiger partial charge in [0.05, 0.1) is 5.69 Å². The Morgan fingerprint density at radius 3 is 2.67 bits per heavy atom. The zero-order valence-corrected chi connectivity index (χ0v) is 13.2. The van der Waals surface area contributed by atoms with Crippen molar-refractivity contribution in [2.24, 2.45) is 0 Å². The molecular formula is C19H17N3O2. The summed E-state index contributed by atoms with van der Waals surface area (Å²) in [6.45, 7) is 2.28. The Morgan fingerprint density at radius 1 is 1.21 bits per heavy atom. The van der Waals surface area contributed by atoms with Crippen LogP contribution in [0.15, 0.2) is 66.0 Å². The van der Waals surface area contributed by atoms with Crippen LogP contribution in [0.25, 0.3) is 11.3 Å². The molecule has 1 aromatic carbocycles. The van der Waals surface area contributed by atoms with Crippen LogP contribution in [0.2, 0.25) is 0 Å². The molecule has 0 saturated carbocycles. The first-order valence-corrected chi connectivity index (χ1v) is 7.61. The van der Waals surface area contributed by atoms with Crippen LogP contribution in [-0.4, -0.2) is 23.7 Å². The lowest BCUT2D eigenvalue weighted by Gasteiger charge is -2.16. The van der Waals surface area contributed by atoms with Gasteiger partial charge < -0.3 is 10.6 Å². The maximum atomic E-state index is 12.4. The Morgan fingerprint density at radius 2 is 2.00 bits per heavy atom. The summed E-state index contributed by atoms with van der Waals surface area (Å²) < 4.78 is 0. The van der Waals surface area contributed by atoms with Crippen molar-refractivity contribution < 1.29 is 9.59 Å². The quantitative estimate of drug-likeness (QED) is 0.850. The molecule has 0 bridgehead atoms. The van der Waals surface area contributed by atoms with Gasteiger partial charge in [-0.2, -0.15) is 0 Å². The summed E-state index contributed by atoms with van der Waals surface area (Å²) in [6, 6.07) is 11.6. The highest BCUT2D eigenvalue weighted by Crippen LogP contribution is 2.26. The molecule has 1 amide bonds. The normalized spacial score (nSPS) is 13.4. The van der Waals surface area contributed by atoms with Crippen molar-refractivity contribution in [1.29, 1.82) is 0 Å². The number of hydrogen-bond acceptors (Lipinski definition) is 4. The van der Waals surface area contributed by atoms with E-state index in [4.69, 9.17) is 0 Å². The minimum Gasteiger partial charge on any atom is -0.376 e. The highest BCUT2D eigenvalue weighted by Gasteiger charge is 2.15. The van der Waals surface area contributed by atoms with Crippen molar-refractivity contribution >= 4 is 17.9 Å². The van der Waals surface area contributed by atoms with Crippen LogP contribution in [0.1, 0.15) is 5.56 Å². The lowest BCUT2D eigenvalue weighted by atomic mass is 10.1. The molecule has 2 aromatic rings. The molecule has 5 nitrogen and oxygen atoms in total. The molecule has 24 heavy (non-hydrogen) atoms. The second-order valence-corrected chi connectivity index (χ2v) is 5.45. The van der Waals surface area contributed by atoms with Crippen LogP contribution in [0.4, 0.5) is 5.69 Å². The molecule has 1 aliphatic heterocycles. The van der Waals surface area contributed by atoms with Gasteiger partial charge in [-0.15, -0.1) is 0 Å². The van der Waals surface area contributed by atoms with E-state index in [0.29, 0.717) is 23.5 Å². The number of nitrogens with zero attached hydrogens (tertiary/aromatic N) is 1. The molecule has 120 valence electrons. The molecule has 1 aromatic heterocycles. The first-order valence-electron chi connectivity index (χ1n) is 7.61. The van der Waals surface area contributed by atoms with Crippen molar-refractivity contribution in [3.8, 4) is 11.3 Å².